The number of nitrogens with one attached hydrogen (secondary N) is 1. The van der Waals surface area contributed by atoms with Crippen molar-refractivity contribution in [3.05, 3.63) is 30.2 Å². The molecule has 6 nitrogen and oxygen atoms in total. The zero-order valence-corrected chi connectivity index (χ0v) is 11.0. The van der Waals surface area contributed by atoms with Gasteiger partial charge in [-0.1, -0.05) is 19.4 Å². The van der Waals surface area contributed by atoms with E-state index in [-0.39, 0.29) is 5.91 Å². The van der Waals surface area contributed by atoms with E-state index in [9.17, 15) is 4.79 Å². The van der Waals surface area contributed by atoms with Crippen molar-refractivity contribution in [2.24, 2.45) is 5.73 Å². The Morgan fingerprint density at radius 1 is 1.47 bits per heavy atom. The highest BCUT2D eigenvalue weighted by atomic mass is 16.2. The van der Waals surface area contributed by atoms with Crippen molar-refractivity contribution < 1.29 is 4.79 Å². The first-order chi connectivity index (χ1) is 9.22. The van der Waals surface area contributed by atoms with Crippen molar-refractivity contribution in [3.8, 4) is 0 Å². The normalized spacial score (nSPS) is 12.5. The van der Waals surface area contributed by atoms with Gasteiger partial charge < -0.3 is 11.1 Å². The molecule has 6 heteroatoms. The Kier molecular flexibility index (Phi) is 4.46. The number of amides is 1. The number of hydrogen-bond donors (Lipinski definition) is 2. The molecule has 1 atom stereocenters. The zero-order valence-electron chi connectivity index (χ0n) is 11.0. The standard InChI is InChI=1S/C13H19N5O/c1-2-5-10(14)13(19)15-8-7-12-17-16-11-6-3-4-9-18(11)12/h3-4,6,9-10H,2,5,7-8,14H2,1H3,(H,15,19)/t10-/m1/s1. The summed E-state index contributed by atoms with van der Waals surface area (Å²) in [5, 5.41) is 11.0. The quantitative estimate of drug-likeness (QED) is 0.793. The van der Waals surface area contributed by atoms with Crippen molar-refractivity contribution in [1.82, 2.24) is 19.9 Å². The third kappa shape index (κ3) is 3.29. The molecule has 0 spiro atoms. The van der Waals surface area contributed by atoms with Gasteiger partial charge in [-0.15, -0.1) is 10.2 Å². The topological polar surface area (TPSA) is 85.3 Å². The van der Waals surface area contributed by atoms with Crippen LogP contribution in [0.15, 0.2) is 24.4 Å². The first-order valence-corrected chi connectivity index (χ1v) is 6.54. The highest BCUT2D eigenvalue weighted by Gasteiger charge is 2.12. The molecule has 0 saturated heterocycles. The van der Waals surface area contributed by atoms with E-state index in [4.69, 9.17) is 5.73 Å². The van der Waals surface area contributed by atoms with Crippen LogP contribution >= 0.6 is 0 Å². The number of fused-ring (bicyclic) bond motifs is 1. The summed E-state index contributed by atoms with van der Waals surface area (Å²) >= 11 is 0. The van der Waals surface area contributed by atoms with Gasteiger partial charge >= 0.3 is 0 Å². The highest BCUT2D eigenvalue weighted by Crippen LogP contribution is 2.02. The Bertz CT molecular complexity index is 551. The van der Waals surface area contributed by atoms with Crippen molar-refractivity contribution in [3.63, 3.8) is 0 Å². The van der Waals surface area contributed by atoms with Crippen LogP contribution in [-0.4, -0.2) is 33.1 Å². The number of nitrogens with two attached hydrogens (primary N) is 1. The Balaban J connectivity index is 1.87. The van der Waals surface area contributed by atoms with Gasteiger partial charge in [0.15, 0.2) is 5.65 Å². The van der Waals surface area contributed by atoms with Crippen LogP contribution in [0.1, 0.15) is 25.6 Å². The van der Waals surface area contributed by atoms with Gasteiger partial charge in [-0.2, -0.15) is 0 Å². The zero-order chi connectivity index (χ0) is 13.7. The summed E-state index contributed by atoms with van der Waals surface area (Å²) in [6.07, 6.45) is 4.16. The van der Waals surface area contributed by atoms with Crippen molar-refractivity contribution in [2.75, 3.05) is 6.54 Å². The molecule has 1 amide bonds. The molecule has 0 saturated carbocycles. The van der Waals surface area contributed by atoms with Gasteiger partial charge in [0.25, 0.3) is 0 Å². The van der Waals surface area contributed by atoms with Crippen LogP contribution in [0.4, 0.5) is 0 Å². The number of carbonyl (C=O) groups is 1. The number of carbonyl (C=O) groups excluding carboxylic acids is 1. The largest absolute Gasteiger partial charge is 0.354 e. The average molecular weight is 261 g/mol. The lowest BCUT2D eigenvalue weighted by atomic mass is 10.1. The molecule has 0 radical (unpaired) electrons. The van der Waals surface area contributed by atoms with Crippen molar-refractivity contribution in [2.45, 2.75) is 32.2 Å². The molecule has 102 valence electrons. The molecule has 2 aromatic heterocycles. The molecule has 3 N–H and O–H groups in total. The second kappa shape index (κ2) is 6.29. The SMILES string of the molecule is CCC[C@@H](N)C(=O)NCCc1nnc2ccccn12. The van der Waals surface area contributed by atoms with Crippen LogP contribution in [0.2, 0.25) is 0 Å². The fourth-order valence-corrected chi connectivity index (χ4v) is 1.93. The number of nitrogens with zero attached hydrogens (tertiary/aromatic N) is 3. The molecule has 0 aliphatic rings. The van der Waals surface area contributed by atoms with Gasteiger partial charge in [0, 0.05) is 19.2 Å². The maximum absolute atomic E-state index is 11.6. The summed E-state index contributed by atoms with van der Waals surface area (Å²) in [4.78, 5) is 11.6. The van der Waals surface area contributed by atoms with E-state index in [0.29, 0.717) is 19.4 Å². The second-order valence-electron chi connectivity index (χ2n) is 4.48. The van der Waals surface area contributed by atoms with Crippen LogP contribution in [0.3, 0.4) is 0 Å². The van der Waals surface area contributed by atoms with Crippen LogP contribution in [0.25, 0.3) is 5.65 Å². The second-order valence-corrected chi connectivity index (χ2v) is 4.48. The van der Waals surface area contributed by atoms with E-state index in [2.05, 4.69) is 15.5 Å². The third-order valence-electron chi connectivity index (χ3n) is 2.97. The van der Waals surface area contributed by atoms with Gasteiger partial charge in [-0.3, -0.25) is 9.20 Å². The molecule has 0 aromatic carbocycles. The van der Waals surface area contributed by atoms with Gasteiger partial charge in [-0.25, -0.2) is 0 Å². The summed E-state index contributed by atoms with van der Waals surface area (Å²) in [6, 6.07) is 5.32. The van der Waals surface area contributed by atoms with Crippen LogP contribution < -0.4 is 11.1 Å². The molecule has 2 rings (SSSR count). The van der Waals surface area contributed by atoms with E-state index in [1.807, 2.05) is 35.7 Å². The van der Waals surface area contributed by atoms with Gasteiger partial charge in [0.1, 0.15) is 5.82 Å². The molecule has 0 fully saturated rings. The molecular formula is C13H19N5O. The molecule has 0 aliphatic heterocycles. The Labute approximate surface area is 112 Å². The smallest absolute Gasteiger partial charge is 0.236 e. The van der Waals surface area contributed by atoms with Crippen LogP contribution in [-0.2, 0) is 11.2 Å². The molecule has 0 aliphatic carbocycles. The molecule has 0 unspecified atom stereocenters. The molecule has 0 bridgehead atoms. The van der Waals surface area contributed by atoms with Crippen LogP contribution in [0.5, 0.6) is 0 Å². The van der Waals surface area contributed by atoms with E-state index in [1.165, 1.54) is 0 Å². The van der Waals surface area contributed by atoms with Gasteiger partial charge in [0.2, 0.25) is 5.91 Å². The minimum atomic E-state index is -0.417. The minimum Gasteiger partial charge on any atom is -0.354 e. The number of aromatic nitrogens is 3. The number of pyridine rings is 1. The van der Waals surface area contributed by atoms with Gasteiger partial charge in [0.05, 0.1) is 6.04 Å². The fourth-order valence-electron chi connectivity index (χ4n) is 1.93. The lowest BCUT2D eigenvalue weighted by molar-refractivity contribution is -0.122. The summed E-state index contributed by atoms with van der Waals surface area (Å²) in [6.45, 7) is 2.53. The molecule has 2 aromatic rings. The monoisotopic (exact) mass is 261 g/mol. The Hall–Kier alpha value is -1.95. The van der Waals surface area contributed by atoms with Crippen molar-refractivity contribution >= 4 is 11.6 Å². The van der Waals surface area contributed by atoms with Crippen LogP contribution in [0, 0.1) is 0 Å². The summed E-state index contributed by atoms with van der Waals surface area (Å²) in [7, 11) is 0. The molecule has 2 heterocycles. The minimum absolute atomic E-state index is 0.101. The first kappa shape index (κ1) is 13.5. The van der Waals surface area contributed by atoms with E-state index in [1.54, 1.807) is 0 Å². The first-order valence-electron chi connectivity index (χ1n) is 6.54. The summed E-state index contributed by atoms with van der Waals surface area (Å²) in [5.74, 6) is 0.732. The molecule has 19 heavy (non-hydrogen) atoms. The molecular weight excluding hydrogens is 242 g/mol. The van der Waals surface area contributed by atoms with Crippen molar-refractivity contribution in [1.29, 1.82) is 0 Å². The maximum atomic E-state index is 11.6. The Morgan fingerprint density at radius 3 is 3.11 bits per heavy atom. The number of rotatable bonds is 6. The van der Waals surface area contributed by atoms with Gasteiger partial charge in [-0.05, 0) is 18.6 Å². The average Bonchev–Trinajstić information content (AvgIpc) is 2.82. The fraction of sp³-hybridized carbons (Fsp3) is 0.462. The highest BCUT2D eigenvalue weighted by molar-refractivity contribution is 5.81. The van der Waals surface area contributed by atoms with E-state index >= 15 is 0 Å². The van der Waals surface area contributed by atoms with E-state index < -0.39 is 6.04 Å². The summed E-state index contributed by atoms with van der Waals surface area (Å²) in [5.41, 5.74) is 6.54. The predicted molar refractivity (Wildman–Crippen MR) is 72.6 cm³/mol. The number of hydrogen-bond acceptors (Lipinski definition) is 4. The third-order valence-corrected chi connectivity index (χ3v) is 2.97. The lowest BCUT2D eigenvalue weighted by Crippen LogP contribution is -2.41. The predicted octanol–water partition coefficient (Wildman–Crippen LogP) is 0.515. The Morgan fingerprint density at radius 2 is 2.32 bits per heavy atom. The lowest BCUT2D eigenvalue weighted by Gasteiger charge is -2.10. The summed E-state index contributed by atoms with van der Waals surface area (Å²) < 4.78 is 1.91. The maximum Gasteiger partial charge on any atom is 0.236 e. The van der Waals surface area contributed by atoms with E-state index in [0.717, 1.165) is 17.9 Å².